The zero-order valence-corrected chi connectivity index (χ0v) is 18.9. The van der Waals surface area contributed by atoms with Crippen LogP contribution >= 0.6 is 0 Å². The van der Waals surface area contributed by atoms with Gasteiger partial charge in [-0.1, -0.05) is 48.5 Å². The minimum atomic E-state index is -0.524. The maximum Gasteiger partial charge on any atom is 0.410 e. The molecule has 2 aromatic carbocycles. The van der Waals surface area contributed by atoms with E-state index in [1.54, 1.807) is 9.80 Å². The van der Waals surface area contributed by atoms with Gasteiger partial charge in [0.05, 0.1) is 6.04 Å². The summed E-state index contributed by atoms with van der Waals surface area (Å²) in [5, 5.41) is 0. The Hall–Kier alpha value is -3.02. The van der Waals surface area contributed by atoms with Crippen LogP contribution in [0.4, 0.5) is 9.59 Å². The number of piperidine rings is 1. The van der Waals surface area contributed by atoms with Crippen molar-refractivity contribution in [2.75, 3.05) is 26.2 Å². The summed E-state index contributed by atoms with van der Waals surface area (Å²) in [6.07, 6.45) is 0.281. The molecule has 0 saturated carbocycles. The van der Waals surface area contributed by atoms with Crippen LogP contribution in [-0.4, -0.2) is 59.9 Å². The summed E-state index contributed by atoms with van der Waals surface area (Å²) in [5.41, 5.74) is 4.31. The SMILES string of the molecule is CC(C)(C)OC(=O)N1C[C@H]2CCN(C(=O)OCC3c4ccccc4-c4ccccc43)C[C@H]21. The second-order valence-electron chi connectivity index (χ2n) is 10.00. The highest BCUT2D eigenvalue weighted by molar-refractivity contribution is 5.79. The van der Waals surface area contributed by atoms with E-state index in [9.17, 15) is 9.59 Å². The van der Waals surface area contributed by atoms with Gasteiger partial charge in [-0.15, -0.1) is 0 Å². The van der Waals surface area contributed by atoms with Crippen molar-refractivity contribution in [2.45, 2.75) is 44.8 Å². The van der Waals surface area contributed by atoms with Crippen LogP contribution in [0, 0.1) is 5.92 Å². The lowest BCUT2D eigenvalue weighted by atomic mass is 9.83. The van der Waals surface area contributed by atoms with Crippen LogP contribution < -0.4 is 0 Å². The van der Waals surface area contributed by atoms with Crippen molar-refractivity contribution < 1.29 is 19.1 Å². The molecule has 168 valence electrons. The Kier molecular flexibility index (Phi) is 5.11. The zero-order valence-electron chi connectivity index (χ0n) is 18.9. The number of hydrogen-bond donors (Lipinski definition) is 0. The monoisotopic (exact) mass is 434 g/mol. The van der Waals surface area contributed by atoms with Gasteiger partial charge in [-0.05, 0) is 49.4 Å². The summed E-state index contributed by atoms with van der Waals surface area (Å²) in [7, 11) is 0. The number of ether oxygens (including phenoxy) is 2. The number of fused-ring (bicyclic) bond motifs is 4. The van der Waals surface area contributed by atoms with E-state index in [2.05, 4.69) is 24.3 Å². The predicted octanol–water partition coefficient (Wildman–Crippen LogP) is 4.88. The van der Waals surface area contributed by atoms with Crippen LogP contribution in [0.15, 0.2) is 48.5 Å². The molecule has 0 N–H and O–H groups in total. The summed E-state index contributed by atoms with van der Waals surface area (Å²) in [4.78, 5) is 28.9. The first-order chi connectivity index (χ1) is 15.3. The van der Waals surface area contributed by atoms with Crippen LogP contribution in [-0.2, 0) is 9.47 Å². The number of carbonyl (C=O) groups is 2. The molecule has 0 spiro atoms. The third-order valence-electron chi connectivity index (χ3n) is 6.78. The number of likely N-dealkylation sites (tertiary alicyclic amines) is 2. The molecule has 0 bridgehead atoms. The quantitative estimate of drug-likeness (QED) is 0.676. The zero-order chi connectivity index (χ0) is 22.5. The minimum Gasteiger partial charge on any atom is -0.448 e. The maximum atomic E-state index is 12.9. The molecule has 32 heavy (non-hydrogen) atoms. The van der Waals surface area contributed by atoms with Crippen LogP contribution in [0.25, 0.3) is 11.1 Å². The molecule has 6 heteroatoms. The number of carbonyl (C=O) groups excluding carboxylic acids is 2. The Morgan fingerprint density at radius 3 is 2.19 bits per heavy atom. The number of amides is 2. The van der Waals surface area contributed by atoms with Crippen molar-refractivity contribution in [1.29, 1.82) is 0 Å². The number of hydrogen-bond acceptors (Lipinski definition) is 4. The Balaban J connectivity index is 1.22. The molecular weight excluding hydrogens is 404 g/mol. The lowest BCUT2D eigenvalue weighted by molar-refractivity contribution is -0.0572. The standard InChI is InChI=1S/C26H30N2O4/c1-26(2,3)32-25(30)28-14-17-12-13-27(15-23(17)28)24(29)31-16-22-20-10-6-4-8-18(20)19-9-5-7-11-21(19)22/h4-11,17,22-23H,12-16H2,1-3H3/t17-,23-/m1/s1. The van der Waals surface area contributed by atoms with E-state index in [1.165, 1.54) is 22.3 Å². The van der Waals surface area contributed by atoms with Crippen molar-refractivity contribution in [3.63, 3.8) is 0 Å². The fourth-order valence-electron chi connectivity index (χ4n) is 5.18. The topological polar surface area (TPSA) is 59.1 Å². The summed E-state index contributed by atoms with van der Waals surface area (Å²) in [5.74, 6) is 0.478. The van der Waals surface area contributed by atoms with E-state index >= 15 is 0 Å². The fraction of sp³-hybridized carbons (Fsp3) is 0.462. The fourth-order valence-corrected chi connectivity index (χ4v) is 5.18. The molecule has 2 fully saturated rings. The Labute approximate surface area is 189 Å². The van der Waals surface area contributed by atoms with Crippen LogP contribution in [0.2, 0.25) is 0 Å². The van der Waals surface area contributed by atoms with Crippen LogP contribution in [0.1, 0.15) is 44.2 Å². The normalized spacial score (nSPS) is 21.8. The van der Waals surface area contributed by atoms with Gasteiger partial charge in [0.25, 0.3) is 0 Å². The number of benzene rings is 2. The van der Waals surface area contributed by atoms with Crippen molar-refractivity contribution >= 4 is 12.2 Å². The first kappa shape index (κ1) is 20.9. The van der Waals surface area contributed by atoms with Gasteiger partial charge in [0, 0.05) is 31.5 Å². The summed E-state index contributed by atoms with van der Waals surface area (Å²) in [6, 6.07) is 16.7. The Morgan fingerprint density at radius 1 is 0.938 bits per heavy atom. The van der Waals surface area contributed by atoms with Gasteiger partial charge >= 0.3 is 12.2 Å². The predicted molar refractivity (Wildman–Crippen MR) is 121 cm³/mol. The Morgan fingerprint density at radius 2 is 1.56 bits per heavy atom. The van der Waals surface area contributed by atoms with Crippen molar-refractivity contribution in [3.8, 4) is 11.1 Å². The highest BCUT2D eigenvalue weighted by atomic mass is 16.6. The highest BCUT2D eigenvalue weighted by Crippen LogP contribution is 2.44. The van der Waals surface area contributed by atoms with Crippen molar-refractivity contribution in [3.05, 3.63) is 59.7 Å². The lowest BCUT2D eigenvalue weighted by Gasteiger charge is -2.52. The van der Waals surface area contributed by atoms with Crippen molar-refractivity contribution in [1.82, 2.24) is 9.80 Å². The van der Waals surface area contributed by atoms with Gasteiger partial charge in [-0.3, -0.25) is 0 Å². The molecule has 0 unspecified atom stereocenters. The summed E-state index contributed by atoms with van der Waals surface area (Å²) in [6.45, 7) is 7.79. The van der Waals surface area contributed by atoms with E-state index in [1.807, 2.05) is 45.0 Å². The largest absolute Gasteiger partial charge is 0.448 e. The van der Waals surface area contributed by atoms with E-state index in [4.69, 9.17) is 9.47 Å². The first-order valence-corrected chi connectivity index (χ1v) is 11.4. The second-order valence-corrected chi connectivity index (χ2v) is 10.00. The third-order valence-corrected chi connectivity index (χ3v) is 6.78. The van der Waals surface area contributed by atoms with Gasteiger partial charge in [0.15, 0.2) is 0 Å². The van der Waals surface area contributed by atoms with Gasteiger partial charge in [-0.25, -0.2) is 9.59 Å². The second kappa shape index (κ2) is 7.84. The smallest absolute Gasteiger partial charge is 0.410 e. The van der Waals surface area contributed by atoms with E-state index in [-0.39, 0.29) is 24.1 Å². The van der Waals surface area contributed by atoms with Crippen molar-refractivity contribution in [2.24, 2.45) is 5.92 Å². The molecule has 2 aliphatic heterocycles. The van der Waals surface area contributed by atoms with Gasteiger partial charge in [0.1, 0.15) is 12.2 Å². The molecule has 2 atom stereocenters. The average Bonchev–Trinajstić information content (AvgIpc) is 3.05. The molecule has 3 aliphatic rings. The maximum absolute atomic E-state index is 12.9. The van der Waals surface area contributed by atoms with Gasteiger partial charge in [-0.2, -0.15) is 0 Å². The Bertz CT molecular complexity index is 999. The van der Waals surface area contributed by atoms with E-state index in [0.29, 0.717) is 32.2 Å². The molecule has 1 aliphatic carbocycles. The lowest BCUT2D eigenvalue weighted by Crippen LogP contribution is -2.66. The first-order valence-electron chi connectivity index (χ1n) is 11.4. The van der Waals surface area contributed by atoms with E-state index in [0.717, 1.165) is 6.42 Å². The molecule has 0 aromatic heterocycles. The highest BCUT2D eigenvalue weighted by Gasteiger charge is 2.47. The molecule has 6 nitrogen and oxygen atoms in total. The molecule has 0 radical (unpaired) electrons. The molecule has 2 saturated heterocycles. The van der Waals surface area contributed by atoms with Crippen LogP contribution in [0.5, 0.6) is 0 Å². The minimum absolute atomic E-state index is 0.0130. The number of rotatable bonds is 2. The molecular formula is C26H30N2O4. The summed E-state index contributed by atoms with van der Waals surface area (Å²) >= 11 is 0. The molecule has 2 aromatic rings. The van der Waals surface area contributed by atoms with Gasteiger partial charge in [0.2, 0.25) is 0 Å². The third kappa shape index (κ3) is 3.72. The average molecular weight is 435 g/mol. The molecule has 2 amide bonds. The molecule has 5 rings (SSSR count). The van der Waals surface area contributed by atoms with E-state index < -0.39 is 5.60 Å². The number of nitrogens with zero attached hydrogens (tertiary/aromatic N) is 2. The van der Waals surface area contributed by atoms with Crippen LogP contribution in [0.3, 0.4) is 0 Å². The summed E-state index contributed by atoms with van der Waals surface area (Å²) < 4.78 is 11.3. The van der Waals surface area contributed by atoms with Gasteiger partial charge < -0.3 is 19.3 Å². The molecule has 2 heterocycles.